The third kappa shape index (κ3) is 2.73. The van der Waals surface area contributed by atoms with Gasteiger partial charge in [-0.15, -0.1) is 0 Å². The molecular formula is C10H18N6. The first-order chi connectivity index (χ1) is 7.69. The van der Waals surface area contributed by atoms with Crippen LogP contribution in [0.4, 0.5) is 0 Å². The van der Waals surface area contributed by atoms with E-state index in [1.54, 1.807) is 4.68 Å². The van der Waals surface area contributed by atoms with E-state index in [9.17, 15) is 0 Å². The fraction of sp³-hybridized carbons (Fsp3) is 0.600. The van der Waals surface area contributed by atoms with Crippen LogP contribution in [0.5, 0.6) is 0 Å². The molecule has 1 saturated carbocycles. The number of nitrogens with one attached hydrogen (secondary N) is 2. The van der Waals surface area contributed by atoms with Gasteiger partial charge in [-0.1, -0.05) is 0 Å². The minimum Gasteiger partial charge on any atom is -0.353 e. The zero-order chi connectivity index (χ0) is 11.5. The largest absolute Gasteiger partial charge is 0.353 e. The molecule has 1 heterocycles. The van der Waals surface area contributed by atoms with Crippen LogP contribution >= 0.6 is 0 Å². The Bertz CT molecular complexity index is 390. The quantitative estimate of drug-likeness (QED) is 0.286. The summed E-state index contributed by atoms with van der Waals surface area (Å²) in [6.07, 6.45) is 4.38. The van der Waals surface area contributed by atoms with E-state index in [0.717, 1.165) is 11.3 Å². The Kier molecular flexibility index (Phi) is 3.09. The molecule has 0 unspecified atom stereocenters. The minimum absolute atomic E-state index is 0.546. The summed E-state index contributed by atoms with van der Waals surface area (Å²) >= 11 is 0. The number of rotatable bonds is 3. The van der Waals surface area contributed by atoms with E-state index in [1.165, 1.54) is 12.8 Å². The van der Waals surface area contributed by atoms with Gasteiger partial charge in [0, 0.05) is 24.8 Å². The molecule has 1 aliphatic rings. The highest BCUT2D eigenvalue weighted by Crippen LogP contribution is 2.18. The average Bonchev–Trinajstić information content (AvgIpc) is 3.00. The zero-order valence-electron chi connectivity index (χ0n) is 9.70. The molecular weight excluding hydrogens is 204 g/mol. The van der Waals surface area contributed by atoms with Gasteiger partial charge in [0.15, 0.2) is 0 Å². The number of nitrogens with zero attached hydrogens (tertiary/aromatic N) is 3. The van der Waals surface area contributed by atoms with Crippen molar-refractivity contribution < 1.29 is 0 Å². The molecule has 88 valence electrons. The number of nitrogens with two attached hydrogens (primary N) is 1. The highest BCUT2D eigenvalue weighted by atomic mass is 15.3. The predicted molar refractivity (Wildman–Crippen MR) is 62.6 cm³/mol. The topological polar surface area (TPSA) is 80.3 Å². The lowest BCUT2D eigenvalue weighted by molar-refractivity contribution is 0.756. The van der Waals surface area contributed by atoms with E-state index >= 15 is 0 Å². The van der Waals surface area contributed by atoms with Crippen molar-refractivity contribution in [3.05, 3.63) is 17.5 Å². The van der Waals surface area contributed by atoms with Crippen LogP contribution in [0.2, 0.25) is 0 Å². The molecule has 1 aliphatic carbocycles. The van der Waals surface area contributed by atoms with Gasteiger partial charge in [0.05, 0.1) is 12.2 Å². The Morgan fingerprint density at radius 2 is 2.44 bits per heavy atom. The first-order valence-corrected chi connectivity index (χ1v) is 5.45. The lowest BCUT2D eigenvalue weighted by Gasteiger charge is -2.06. The third-order valence-corrected chi connectivity index (χ3v) is 2.58. The second-order valence-corrected chi connectivity index (χ2v) is 4.14. The van der Waals surface area contributed by atoms with Gasteiger partial charge >= 0.3 is 0 Å². The molecule has 2 rings (SSSR count). The highest BCUT2D eigenvalue weighted by Gasteiger charge is 2.21. The summed E-state index contributed by atoms with van der Waals surface area (Å²) in [5.74, 6) is 6.05. The molecule has 0 aromatic carbocycles. The van der Waals surface area contributed by atoms with E-state index in [-0.39, 0.29) is 0 Å². The number of aromatic nitrogens is 2. The Labute approximate surface area is 94.9 Å². The summed E-state index contributed by atoms with van der Waals surface area (Å²) in [7, 11) is 1.91. The minimum atomic E-state index is 0.546. The Balaban J connectivity index is 1.97. The van der Waals surface area contributed by atoms with Crippen LogP contribution in [-0.2, 0) is 13.6 Å². The molecule has 1 fully saturated rings. The van der Waals surface area contributed by atoms with Crippen LogP contribution in [0.3, 0.4) is 0 Å². The summed E-state index contributed by atoms with van der Waals surface area (Å²) < 4.78 is 1.80. The van der Waals surface area contributed by atoms with Crippen molar-refractivity contribution in [2.75, 3.05) is 0 Å². The molecule has 0 radical (unpaired) electrons. The lowest BCUT2D eigenvalue weighted by atomic mass is 10.3. The maximum Gasteiger partial charge on any atom is 0.206 e. The van der Waals surface area contributed by atoms with Crippen LogP contribution < -0.4 is 16.6 Å². The van der Waals surface area contributed by atoms with Crippen molar-refractivity contribution in [2.24, 2.45) is 17.9 Å². The standard InChI is InChI=1S/C10H18N6/c1-7-8(6-16(2)15-7)5-12-10(14-11)13-9-3-4-9/h6,9H,3-5,11H2,1-2H3,(H2,12,13,14). The predicted octanol–water partition coefficient (Wildman–Crippen LogP) is -0.200. The van der Waals surface area contributed by atoms with Gasteiger partial charge in [0.2, 0.25) is 5.96 Å². The Morgan fingerprint density at radius 1 is 1.69 bits per heavy atom. The summed E-state index contributed by atoms with van der Waals surface area (Å²) in [5.41, 5.74) is 4.71. The molecule has 6 nitrogen and oxygen atoms in total. The molecule has 6 heteroatoms. The van der Waals surface area contributed by atoms with Crippen molar-refractivity contribution >= 4 is 5.96 Å². The van der Waals surface area contributed by atoms with Crippen molar-refractivity contribution in [1.29, 1.82) is 0 Å². The van der Waals surface area contributed by atoms with Crippen molar-refractivity contribution in [1.82, 2.24) is 20.5 Å². The molecule has 1 aromatic heterocycles. The fourth-order valence-corrected chi connectivity index (χ4v) is 1.52. The third-order valence-electron chi connectivity index (χ3n) is 2.58. The number of hydrogen-bond donors (Lipinski definition) is 3. The number of aliphatic imine (C=N–C) groups is 1. The fourth-order valence-electron chi connectivity index (χ4n) is 1.52. The molecule has 0 bridgehead atoms. The SMILES string of the molecule is Cc1nn(C)cc1CN=C(NN)NC1CC1. The molecule has 0 saturated heterocycles. The van der Waals surface area contributed by atoms with Gasteiger partial charge in [-0.25, -0.2) is 10.8 Å². The summed E-state index contributed by atoms with van der Waals surface area (Å²) in [5, 5.41) is 7.49. The smallest absolute Gasteiger partial charge is 0.206 e. The van der Waals surface area contributed by atoms with Crippen LogP contribution in [-0.4, -0.2) is 21.8 Å². The van der Waals surface area contributed by atoms with Crippen LogP contribution in [0.1, 0.15) is 24.1 Å². The monoisotopic (exact) mass is 222 g/mol. The Morgan fingerprint density at radius 3 is 2.94 bits per heavy atom. The number of guanidine groups is 1. The van der Waals surface area contributed by atoms with Crippen LogP contribution in [0, 0.1) is 6.92 Å². The average molecular weight is 222 g/mol. The van der Waals surface area contributed by atoms with Gasteiger partial charge in [0.1, 0.15) is 0 Å². The van der Waals surface area contributed by atoms with Gasteiger partial charge < -0.3 is 5.32 Å². The number of hydrazine groups is 1. The lowest BCUT2D eigenvalue weighted by Crippen LogP contribution is -2.42. The number of hydrogen-bond acceptors (Lipinski definition) is 3. The van der Waals surface area contributed by atoms with Gasteiger partial charge in [-0.3, -0.25) is 10.1 Å². The second-order valence-electron chi connectivity index (χ2n) is 4.14. The first-order valence-electron chi connectivity index (χ1n) is 5.45. The van der Waals surface area contributed by atoms with Crippen LogP contribution in [0.15, 0.2) is 11.2 Å². The molecule has 16 heavy (non-hydrogen) atoms. The maximum atomic E-state index is 5.39. The van der Waals surface area contributed by atoms with Crippen molar-refractivity contribution in [3.63, 3.8) is 0 Å². The number of aryl methyl sites for hydroxylation is 2. The van der Waals surface area contributed by atoms with E-state index in [1.807, 2.05) is 20.2 Å². The second kappa shape index (κ2) is 4.52. The zero-order valence-corrected chi connectivity index (χ0v) is 9.70. The molecule has 0 spiro atoms. The van der Waals surface area contributed by atoms with E-state index in [0.29, 0.717) is 18.5 Å². The van der Waals surface area contributed by atoms with Gasteiger partial charge in [0.25, 0.3) is 0 Å². The Hall–Kier alpha value is -1.56. The molecule has 1 aromatic rings. The molecule has 0 aliphatic heterocycles. The summed E-state index contributed by atoms with van der Waals surface area (Å²) in [6, 6.07) is 0.546. The van der Waals surface area contributed by atoms with Gasteiger partial charge in [-0.2, -0.15) is 5.10 Å². The first kappa shape index (κ1) is 10.9. The normalized spacial score (nSPS) is 16.3. The molecule has 4 N–H and O–H groups in total. The van der Waals surface area contributed by atoms with E-state index < -0.39 is 0 Å². The highest BCUT2D eigenvalue weighted by molar-refractivity contribution is 5.79. The van der Waals surface area contributed by atoms with E-state index in [4.69, 9.17) is 5.84 Å². The molecule has 0 amide bonds. The van der Waals surface area contributed by atoms with Gasteiger partial charge in [-0.05, 0) is 19.8 Å². The van der Waals surface area contributed by atoms with Crippen LogP contribution in [0.25, 0.3) is 0 Å². The maximum absolute atomic E-state index is 5.39. The van der Waals surface area contributed by atoms with E-state index in [2.05, 4.69) is 20.8 Å². The summed E-state index contributed by atoms with van der Waals surface area (Å²) in [4.78, 5) is 4.38. The van der Waals surface area contributed by atoms with Crippen molar-refractivity contribution in [2.45, 2.75) is 32.4 Å². The van der Waals surface area contributed by atoms with Crippen molar-refractivity contribution in [3.8, 4) is 0 Å². The molecule has 0 atom stereocenters. The summed E-state index contributed by atoms with van der Waals surface area (Å²) in [6.45, 7) is 2.58.